The molecule has 1 aliphatic heterocycles. The summed E-state index contributed by atoms with van der Waals surface area (Å²) < 4.78 is 22.6. The minimum Gasteiger partial charge on any atom is -0.390 e. The van der Waals surface area contributed by atoms with Gasteiger partial charge in [0.1, 0.15) is 0 Å². The van der Waals surface area contributed by atoms with Crippen LogP contribution in [0.5, 0.6) is 0 Å². The molecule has 0 spiro atoms. The van der Waals surface area contributed by atoms with Crippen LogP contribution in [0.3, 0.4) is 0 Å². The monoisotopic (exact) mass is 275 g/mol. The standard InChI is InChI=1S/C11H14ClNO3S/c12-9-3-1-2-8(4-9)5-13-10-6-17(15,16)7-11(10)14/h1-4,10-11,13-14H,5-7H2/t10-,11+/m0/s1. The normalized spacial score (nSPS) is 27.2. The minimum absolute atomic E-state index is 0.00523. The summed E-state index contributed by atoms with van der Waals surface area (Å²) in [7, 11) is -3.10. The van der Waals surface area contributed by atoms with E-state index in [-0.39, 0.29) is 17.5 Å². The largest absolute Gasteiger partial charge is 0.390 e. The Kier molecular flexibility index (Phi) is 3.73. The maximum absolute atomic E-state index is 11.3. The molecule has 0 bridgehead atoms. The zero-order chi connectivity index (χ0) is 12.5. The number of aliphatic hydroxyl groups is 1. The van der Waals surface area contributed by atoms with Crippen molar-refractivity contribution < 1.29 is 13.5 Å². The summed E-state index contributed by atoms with van der Waals surface area (Å²) >= 11 is 5.84. The van der Waals surface area contributed by atoms with Crippen molar-refractivity contribution in [2.24, 2.45) is 0 Å². The van der Waals surface area contributed by atoms with Crippen molar-refractivity contribution in [3.63, 3.8) is 0 Å². The summed E-state index contributed by atoms with van der Waals surface area (Å²) in [6, 6.07) is 6.93. The molecular weight excluding hydrogens is 262 g/mol. The van der Waals surface area contributed by atoms with Gasteiger partial charge in [-0.2, -0.15) is 0 Å². The quantitative estimate of drug-likeness (QED) is 0.847. The second-order valence-electron chi connectivity index (χ2n) is 4.26. The highest BCUT2D eigenvalue weighted by Crippen LogP contribution is 2.14. The van der Waals surface area contributed by atoms with Gasteiger partial charge in [-0.05, 0) is 17.7 Å². The Morgan fingerprint density at radius 3 is 2.76 bits per heavy atom. The van der Waals surface area contributed by atoms with Crippen molar-refractivity contribution in [2.45, 2.75) is 18.7 Å². The van der Waals surface area contributed by atoms with Crippen LogP contribution in [0, 0.1) is 0 Å². The number of hydrogen-bond donors (Lipinski definition) is 2. The minimum atomic E-state index is -3.10. The van der Waals surface area contributed by atoms with Gasteiger partial charge in [0.25, 0.3) is 0 Å². The van der Waals surface area contributed by atoms with E-state index in [1.54, 1.807) is 6.07 Å². The molecular formula is C11H14ClNO3S. The second-order valence-corrected chi connectivity index (χ2v) is 6.85. The summed E-state index contributed by atoms with van der Waals surface area (Å²) in [5.41, 5.74) is 0.967. The molecule has 4 nitrogen and oxygen atoms in total. The number of rotatable bonds is 3. The predicted molar refractivity (Wildman–Crippen MR) is 66.7 cm³/mol. The van der Waals surface area contributed by atoms with Gasteiger partial charge in [-0.25, -0.2) is 8.42 Å². The zero-order valence-electron chi connectivity index (χ0n) is 9.14. The van der Waals surface area contributed by atoms with Crippen molar-refractivity contribution in [2.75, 3.05) is 11.5 Å². The van der Waals surface area contributed by atoms with E-state index in [1.807, 2.05) is 18.2 Å². The summed E-state index contributed by atoms with van der Waals surface area (Å²) in [5.74, 6) is -0.158. The Morgan fingerprint density at radius 1 is 1.41 bits per heavy atom. The fourth-order valence-corrected chi connectivity index (χ4v) is 3.91. The fraction of sp³-hybridized carbons (Fsp3) is 0.455. The second kappa shape index (κ2) is 4.94. The SMILES string of the molecule is O=S1(=O)C[C@@H](O)[C@@H](NCc2cccc(Cl)c2)C1. The van der Waals surface area contributed by atoms with Gasteiger partial charge >= 0.3 is 0 Å². The summed E-state index contributed by atoms with van der Waals surface area (Å²) in [5, 5.41) is 13.3. The molecule has 2 atom stereocenters. The zero-order valence-corrected chi connectivity index (χ0v) is 10.7. The molecule has 0 saturated carbocycles. The highest BCUT2D eigenvalue weighted by molar-refractivity contribution is 7.91. The lowest BCUT2D eigenvalue weighted by Gasteiger charge is -2.14. The number of hydrogen-bond acceptors (Lipinski definition) is 4. The summed E-state index contributed by atoms with van der Waals surface area (Å²) in [4.78, 5) is 0. The van der Waals surface area contributed by atoms with Crippen LogP contribution in [0.15, 0.2) is 24.3 Å². The first-order valence-corrected chi connectivity index (χ1v) is 7.52. The van der Waals surface area contributed by atoms with Gasteiger partial charge in [0, 0.05) is 17.6 Å². The molecule has 1 fully saturated rings. The highest BCUT2D eigenvalue weighted by atomic mass is 35.5. The van der Waals surface area contributed by atoms with E-state index in [0.29, 0.717) is 11.6 Å². The van der Waals surface area contributed by atoms with Crippen LogP contribution in [0.1, 0.15) is 5.56 Å². The molecule has 6 heteroatoms. The molecule has 2 N–H and O–H groups in total. The van der Waals surface area contributed by atoms with E-state index >= 15 is 0 Å². The predicted octanol–water partition coefficient (Wildman–Crippen LogP) is 0.588. The average molecular weight is 276 g/mol. The molecule has 1 aromatic carbocycles. The van der Waals surface area contributed by atoms with Crippen molar-refractivity contribution in [3.8, 4) is 0 Å². The van der Waals surface area contributed by atoms with Gasteiger partial charge in [0.2, 0.25) is 0 Å². The summed E-state index contributed by atoms with van der Waals surface area (Å²) in [6.45, 7) is 0.498. The van der Waals surface area contributed by atoms with Gasteiger partial charge < -0.3 is 10.4 Å². The highest BCUT2D eigenvalue weighted by Gasteiger charge is 2.35. The van der Waals surface area contributed by atoms with Crippen LogP contribution in [-0.2, 0) is 16.4 Å². The third-order valence-electron chi connectivity index (χ3n) is 2.78. The van der Waals surface area contributed by atoms with E-state index in [0.717, 1.165) is 5.56 Å². The number of nitrogens with one attached hydrogen (secondary N) is 1. The van der Waals surface area contributed by atoms with Gasteiger partial charge in [-0.1, -0.05) is 23.7 Å². The van der Waals surface area contributed by atoms with Gasteiger partial charge in [0.15, 0.2) is 9.84 Å². The first-order chi connectivity index (χ1) is 7.96. The van der Waals surface area contributed by atoms with E-state index in [9.17, 15) is 13.5 Å². The van der Waals surface area contributed by atoms with E-state index < -0.39 is 15.9 Å². The molecule has 0 amide bonds. The maximum Gasteiger partial charge on any atom is 0.154 e. The van der Waals surface area contributed by atoms with Gasteiger partial charge in [0.05, 0.1) is 17.6 Å². The van der Waals surface area contributed by atoms with Crippen LogP contribution in [-0.4, -0.2) is 37.2 Å². The van der Waals surface area contributed by atoms with Crippen molar-refractivity contribution >= 4 is 21.4 Å². The lowest BCUT2D eigenvalue weighted by atomic mass is 10.2. The van der Waals surface area contributed by atoms with Crippen LogP contribution in [0.4, 0.5) is 0 Å². The van der Waals surface area contributed by atoms with Crippen LogP contribution in [0.25, 0.3) is 0 Å². The Morgan fingerprint density at radius 2 is 2.18 bits per heavy atom. The maximum atomic E-state index is 11.3. The summed E-state index contributed by atoms with van der Waals surface area (Å²) in [6.07, 6.45) is -0.820. The Labute approximate surface area is 106 Å². The smallest absolute Gasteiger partial charge is 0.154 e. The molecule has 94 valence electrons. The third-order valence-corrected chi connectivity index (χ3v) is 4.73. The number of halogens is 1. The molecule has 1 heterocycles. The van der Waals surface area contributed by atoms with Crippen molar-refractivity contribution in [3.05, 3.63) is 34.9 Å². The number of sulfone groups is 1. The van der Waals surface area contributed by atoms with Crippen molar-refractivity contribution in [1.82, 2.24) is 5.32 Å². The van der Waals surface area contributed by atoms with E-state index in [4.69, 9.17) is 11.6 Å². The number of benzene rings is 1. The Balaban J connectivity index is 1.95. The van der Waals surface area contributed by atoms with E-state index in [1.165, 1.54) is 0 Å². The lowest BCUT2D eigenvalue weighted by molar-refractivity contribution is 0.165. The fourth-order valence-electron chi connectivity index (χ4n) is 1.92. The molecule has 1 saturated heterocycles. The van der Waals surface area contributed by atoms with Crippen molar-refractivity contribution in [1.29, 1.82) is 0 Å². The first-order valence-electron chi connectivity index (χ1n) is 5.32. The molecule has 0 radical (unpaired) electrons. The molecule has 1 aromatic rings. The third kappa shape index (κ3) is 3.42. The molecule has 1 aliphatic rings. The molecule has 17 heavy (non-hydrogen) atoms. The lowest BCUT2D eigenvalue weighted by Crippen LogP contribution is -2.38. The molecule has 0 unspecified atom stereocenters. The topological polar surface area (TPSA) is 66.4 Å². The number of aliphatic hydroxyl groups excluding tert-OH is 1. The Bertz CT molecular complexity index is 503. The Hall–Kier alpha value is -0.620. The van der Waals surface area contributed by atoms with Crippen LogP contribution >= 0.6 is 11.6 Å². The van der Waals surface area contributed by atoms with Gasteiger partial charge in [-0.15, -0.1) is 0 Å². The molecule has 2 rings (SSSR count). The molecule has 0 aromatic heterocycles. The average Bonchev–Trinajstić information content (AvgIpc) is 2.49. The first kappa shape index (κ1) is 12.8. The van der Waals surface area contributed by atoms with Crippen LogP contribution < -0.4 is 5.32 Å². The van der Waals surface area contributed by atoms with Crippen LogP contribution in [0.2, 0.25) is 5.02 Å². The van der Waals surface area contributed by atoms with Gasteiger partial charge in [-0.3, -0.25) is 0 Å². The van der Waals surface area contributed by atoms with E-state index in [2.05, 4.69) is 5.32 Å². The molecule has 0 aliphatic carbocycles.